The largest absolute Gasteiger partial charge is 0.497 e. The van der Waals surface area contributed by atoms with Crippen molar-refractivity contribution in [1.82, 2.24) is 10.6 Å². The molecule has 2 amide bonds. The highest BCUT2D eigenvalue weighted by Crippen LogP contribution is 2.22. The number of amides is 2. The van der Waals surface area contributed by atoms with Gasteiger partial charge in [-0.15, -0.1) is 0 Å². The van der Waals surface area contributed by atoms with Crippen molar-refractivity contribution in [2.75, 3.05) is 20.8 Å². The molecular weight excluding hydrogens is 352 g/mol. The van der Waals surface area contributed by atoms with Gasteiger partial charge in [-0.2, -0.15) is 0 Å². The second kappa shape index (κ2) is 9.25. The standard InChI is InChI=1S/C19H28N2O6/c1-11(2)15(17(23)20-10-19(3,4)18(24)25)21-16(22)12-7-13(26-5)9-14(8-12)27-6/h7-9,11,15H,10H2,1-6H3,(H,20,23)(H,21,22)(H,24,25). The van der Waals surface area contributed by atoms with E-state index in [2.05, 4.69) is 10.6 Å². The molecule has 150 valence electrons. The summed E-state index contributed by atoms with van der Waals surface area (Å²) in [5, 5.41) is 14.4. The Kier molecular flexibility index (Phi) is 7.63. The molecule has 0 saturated carbocycles. The topological polar surface area (TPSA) is 114 Å². The lowest BCUT2D eigenvalue weighted by Gasteiger charge is -2.25. The lowest BCUT2D eigenvalue weighted by Crippen LogP contribution is -2.52. The Morgan fingerprint density at radius 2 is 1.59 bits per heavy atom. The van der Waals surface area contributed by atoms with E-state index in [4.69, 9.17) is 14.6 Å². The number of aliphatic carboxylic acids is 1. The average molecular weight is 380 g/mol. The maximum Gasteiger partial charge on any atom is 0.310 e. The summed E-state index contributed by atoms with van der Waals surface area (Å²) in [4.78, 5) is 36.3. The SMILES string of the molecule is COc1cc(OC)cc(C(=O)NC(C(=O)NCC(C)(C)C(=O)O)C(C)C)c1. The summed E-state index contributed by atoms with van der Waals surface area (Å²) in [6, 6.07) is 3.90. The fourth-order valence-electron chi connectivity index (χ4n) is 2.19. The molecule has 0 radical (unpaired) electrons. The first-order valence-electron chi connectivity index (χ1n) is 8.57. The molecule has 1 aromatic rings. The van der Waals surface area contributed by atoms with Crippen LogP contribution in [0.3, 0.4) is 0 Å². The molecule has 1 rings (SSSR count). The van der Waals surface area contributed by atoms with Gasteiger partial charge in [0.2, 0.25) is 5.91 Å². The van der Waals surface area contributed by atoms with Crippen LogP contribution in [0.15, 0.2) is 18.2 Å². The highest BCUT2D eigenvalue weighted by molar-refractivity contribution is 5.98. The third-order valence-electron chi connectivity index (χ3n) is 4.13. The van der Waals surface area contributed by atoms with E-state index in [1.165, 1.54) is 28.1 Å². The number of benzene rings is 1. The van der Waals surface area contributed by atoms with E-state index in [9.17, 15) is 14.4 Å². The van der Waals surface area contributed by atoms with Gasteiger partial charge in [-0.1, -0.05) is 13.8 Å². The fourth-order valence-corrected chi connectivity index (χ4v) is 2.19. The van der Waals surface area contributed by atoms with Crippen LogP contribution in [0.2, 0.25) is 0 Å². The Hall–Kier alpha value is -2.77. The maximum absolute atomic E-state index is 12.6. The normalized spacial score (nSPS) is 12.3. The highest BCUT2D eigenvalue weighted by atomic mass is 16.5. The molecule has 0 aromatic heterocycles. The van der Waals surface area contributed by atoms with Crippen molar-refractivity contribution >= 4 is 17.8 Å². The lowest BCUT2D eigenvalue weighted by molar-refractivity contribution is -0.146. The zero-order valence-corrected chi connectivity index (χ0v) is 16.6. The number of ether oxygens (including phenoxy) is 2. The molecule has 8 nitrogen and oxygen atoms in total. The van der Waals surface area contributed by atoms with Crippen LogP contribution in [-0.4, -0.2) is 49.7 Å². The first kappa shape index (κ1) is 22.3. The van der Waals surface area contributed by atoms with Gasteiger partial charge in [-0.3, -0.25) is 14.4 Å². The number of carboxylic acids is 1. The van der Waals surface area contributed by atoms with E-state index in [0.29, 0.717) is 11.5 Å². The lowest BCUT2D eigenvalue weighted by atomic mass is 9.93. The predicted octanol–water partition coefficient (Wildman–Crippen LogP) is 1.69. The Bertz CT molecular complexity index is 677. The number of carbonyl (C=O) groups excluding carboxylic acids is 2. The van der Waals surface area contributed by atoms with Gasteiger partial charge in [0.1, 0.15) is 17.5 Å². The molecule has 0 spiro atoms. The van der Waals surface area contributed by atoms with Crippen molar-refractivity contribution in [3.8, 4) is 11.5 Å². The van der Waals surface area contributed by atoms with Crippen molar-refractivity contribution in [2.45, 2.75) is 33.7 Å². The Morgan fingerprint density at radius 1 is 1.07 bits per heavy atom. The van der Waals surface area contributed by atoms with Crippen molar-refractivity contribution < 1.29 is 29.0 Å². The predicted molar refractivity (Wildman–Crippen MR) is 100 cm³/mol. The van der Waals surface area contributed by atoms with Gasteiger partial charge >= 0.3 is 5.97 Å². The van der Waals surface area contributed by atoms with Gasteiger partial charge in [0.25, 0.3) is 5.91 Å². The number of methoxy groups -OCH3 is 2. The summed E-state index contributed by atoms with van der Waals surface area (Å²) >= 11 is 0. The Labute approximate surface area is 159 Å². The van der Waals surface area contributed by atoms with Crippen LogP contribution in [0.1, 0.15) is 38.1 Å². The molecule has 0 aliphatic carbocycles. The molecule has 27 heavy (non-hydrogen) atoms. The van der Waals surface area contributed by atoms with Gasteiger partial charge in [0, 0.05) is 18.2 Å². The van der Waals surface area contributed by atoms with Crippen molar-refractivity contribution in [1.29, 1.82) is 0 Å². The van der Waals surface area contributed by atoms with Gasteiger partial charge in [0.15, 0.2) is 0 Å². The molecule has 0 bridgehead atoms. The monoisotopic (exact) mass is 380 g/mol. The van der Waals surface area contributed by atoms with Crippen molar-refractivity contribution in [3.63, 3.8) is 0 Å². The average Bonchev–Trinajstić information content (AvgIpc) is 2.62. The number of hydrogen-bond donors (Lipinski definition) is 3. The molecular formula is C19H28N2O6. The number of carbonyl (C=O) groups is 3. The minimum atomic E-state index is -1.11. The molecule has 1 aromatic carbocycles. The van der Waals surface area contributed by atoms with Gasteiger partial charge in [-0.25, -0.2) is 0 Å². The minimum absolute atomic E-state index is 0.0484. The van der Waals surface area contributed by atoms with Crippen LogP contribution >= 0.6 is 0 Å². The Morgan fingerprint density at radius 3 is 2.00 bits per heavy atom. The number of hydrogen-bond acceptors (Lipinski definition) is 5. The van der Waals surface area contributed by atoms with Crippen LogP contribution in [-0.2, 0) is 9.59 Å². The summed E-state index contributed by atoms with van der Waals surface area (Å²) in [6.45, 7) is 6.56. The molecule has 0 fully saturated rings. The number of rotatable bonds is 9. The molecule has 1 unspecified atom stereocenters. The third-order valence-corrected chi connectivity index (χ3v) is 4.13. The molecule has 8 heteroatoms. The molecule has 3 N–H and O–H groups in total. The van der Waals surface area contributed by atoms with E-state index in [1.54, 1.807) is 32.0 Å². The summed E-state index contributed by atoms with van der Waals surface area (Å²) in [7, 11) is 2.95. The van der Waals surface area contributed by atoms with Gasteiger partial charge < -0.3 is 25.2 Å². The fraction of sp³-hybridized carbons (Fsp3) is 0.526. The smallest absolute Gasteiger partial charge is 0.310 e. The maximum atomic E-state index is 12.6. The van der Waals surface area contributed by atoms with Crippen LogP contribution in [0.4, 0.5) is 0 Å². The van der Waals surface area contributed by atoms with Crippen molar-refractivity contribution in [3.05, 3.63) is 23.8 Å². The van der Waals surface area contributed by atoms with E-state index >= 15 is 0 Å². The number of carboxylic acid groups (broad SMARTS) is 1. The van der Waals surface area contributed by atoms with Gasteiger partial charge in [-0.05, 0) is 31.9 Å². The number of nitrogens with one attached hydrogen (secondary N) is 2. The van der Waals surface area contributed by atoms with E-state index < -0.39 is 29.2 Å². The molecule has 0 saturated heterocycles. The first-order chi connectivity index (χ1) is 12.5. The molecule has 0 heterocycles. The van der Waals surface area contributed by atoms with Gasteiger partial charge in [0.05, 0.1) is 19.6 Å². The van der Waals surface area contributed by atoms with E-state index in [1.807, 2.05) is 0 Å². The second-order valence-corrected chi connectivity index (χ2v) is 7.20. The zero-order valence-electron chi connectivity index (χ0n) is 16.6. The minimum Gasteiger partial charge on any atom is -0.497 e. The van der Waals surface area contributed by atoms with E-state index in [-0.39, 0.29) is 18.0 Å². The third kappa shape index (κ3) is 6.16. The zero-order chi connectivity index (χ0) is 20.8. The van der Waals surface area contributed by atoms with Crippen LogP contribution in [0.5, 0.6) is 11.5 Å². The van der Waals surface area contributed by atoms with E-state index in [0.717, 1.165) is 0 Å². The molecule has 0 aliphatic rings. The van der Waals surface area contributed by atoms with Crippen LogP contribution in [0, 0.1) is 11.3 Å². The van der Waals surface area contributed by atoms with Crippen LogP contribution in [0.25, 0.3) is 0 Å². The summed E-state index contributed by atoms with van der Waals surface area (Å²) in [5.41, 5.74) is -0.822. The quantitative estimate of drug-likeness (QED) is 0.601. The molecule has 1 atom stereocenters. The first-order valence-corrected chi connectivity index (χ1v) is 8.57. The summed E-state index contributed by atoms with van der Waals surface area (Å²) < 4.78 is 10.3. The summed E-state index contributed by atoms with van der Waals surface area (Å²) in [5.74, 6) is -1.21. The van der Waals surface area contributed by atoms with Crippen LogP contribution < -0.4 is 20.1 Å². The van der Waals surface area contributed by atoms with Crippen molar-refractivity contribution in [2.24, 2.45) is 11.3 Å². The Balaban J connectivity index is 2.92. The second-order valence-electron chi connectivity index (χ2n) is 7.20. The summed E-state index contributed by atoms with van der Waals surface area (Å²) in [6.07, 6.45) is 0. The molecule has 0 aliphatic heterocycles. The highest BCUT2D eigenvalue weighted by Gasteiger charge is 2.30.